The largest absolute Gasteiger partial charge is 0.354 e. The van der Waals surface area contributed by atoms with Gasteiger partial charge >= 0.3 is 0 Å². The number of pyridine rings is 1. The number of aromatic nitrogens is 1. The number of rotatable bonds is 7. The number of aryl methyl sites for hydroxylation is 1. The number of halogens is 1. The maximum atomic E-state index is 5.85. The number of nitrogens with zero attached hydrogens (tertiary/aromatic N) is 2. The lowest BCUT2D eigenvalue weighted by Gasteiger charge is -2.31. The highest BCUT2D eigenvalue weighted by Gasteiger charge is 2.15. The second kappa shape index (κ2) is 7.63. The van der Waals surface area contributed by atoms with Crippen LogP contribution in [0.15, 0.2) is 12.3 Å². The summed E-state index contributed by atoms with van der Waals surface area (Å²) < 4.78 is 0. The fourth-order valence-electron chi connectivity index (χ4n) is 2.08. The quantitative estimate of drug-likeness (QED) is 0.675. The zero-order chi connectivity index (χ0) is 13.5. The normalized spacial score (nSPS) is 12.5. The molecule has 1 unspecified atom stereocenters. The van der Waals surface area contributed by atoms with E-state index in [4.69, 9.17) is 11.6 Å². The van der Waals surface area contributed by atoms with Gasteiger partial charge < -0.3 is 4.90 Å². The number of hydrogen-bond acceptors (Lipinski definition) is 2. The molecule has 1 atom stereocenters. The van der Waals surface area contributed by atoms with Gasteiger partial charge in [-0.25, -0.2) is 4.98 Å². The summed E-state index contributed by atoms with van der Waals surface area (Å²) in [5, 5.41) is 0. The summed E-state index contributed by atoms with van der Waals surface area (Å²) in [7, 11) is 0. The molecule has 0 aliphatic heterocycles. The number of anilines is 1. The molecule has 0 spiro atoms. The van der Waals surface area contributed by atoms with E-state index in [1.165, 1.54) is 18.4 Å². The van der Waals surface area contributed by atoms with Crippen LogP contribution in [-0.2, 0) is 5.88 Å². The van der Waals surface area contributed by atoms with E-state index in [-0.39, 0.29) is 0 Å². The molecule has 0 radical (unpaired) electrons. The molecule has 0 saturated carbocycles. The molecule has 0 aromatic carbocycles. The Morgan fingerprint density at radius 1 is 1.39 bits per heavy atom. The molecule has 2 nitrogen and oxygen atoms in total. The van der Waals surface area contributed by atoms with Crippen LogP contribution in [0.2, 0.25) is 0 Å². The van der Waals surface area contributed by atoms with Gasteiger partial charge in [-0.1, -0.05) is 20.3 Å². The predicted octanol–water partition coefficient (Wildman–Crippen LogP) is 4.53. The summed E-state index contributed by atoms with van der Waals surface area (Å²) in [5.41, 5.74) is 2.32. The lowest BCUT2D eigenvalue weighted by molar-refractivity contribution is 0.588. The number of unbranched alkanes of at least 4 members (excludes halogenated alkanes) is 1. The van der Waals surface area contributed by atoms with Crippen molar-refractivity contribution in [3.63, 3.8) is 0 Å². The van der Waals surface area contributed by atoms with Crippen LogP contribution in [0.3, 0.4) is 0 Å². The average molecular weight is 269 g/mol. The zero-order valence-corrected chi connectivity index (χ0v) is 12.8. The summed E-state index contributed by atoms with van der Waals surface area (Å²) in [6.07, 6.45) is 5.47. The standard InChI is InChI=1S/C15H25ClN2/c1-5-7-8-18(13(4)6-2)15-12(3)9-14(10-16)11-17-15/h9,11,13H,5-8,10H2,1-4H3. The van der Waals surface area contributed by atoms with Crippen LogP contribution in [0.25, 0.3) is 0 Å². The number of hydrogen-bond donors (Lipinski definition) is 0. The van der Waals surface area contributed by atoms with E-state index in [0.717, 1.165) is 24.3 Å². The second-order valence-electron chi connectivity index (χ2n) is 4.92. The minimum atomic E-state index is 0.532. The molecule has 1 heterocycles. The van der Waals surface area contributed by atoms with Crippen molar-refractivity contribution in [2.24, 2.45) is 0 Å². The van der Waals surface area contributed by atoms with Gasteiger partial charge in [-0.05, 0) is 43.9 Å². The fourth-order valence-corrected chi connectivity index (χ4v) is 2.23. The second-order valence-corrected chi connectivity index (χ2v) is 5.19. The molecule has 3 heteroatoms. The Labute approximate surface area is 116 Å². The molecule has 1 rings (SSSR count). The third kappa shape index (κ3) is 3.88. The Bertz CT molecular complexity index is 366. The molecular formula is C15H25ClN2. The Morgan fingerprint density at radius 2 is 2.11 bits per heavy atom. The van der Waals surface area contributed by atoms with Crippen LogP contribution in [0.4, 0.5) is 5.82 Å². The van der Waals surface area contributed by atoms with Gasteiger partial charge in [0.15, 0.2) is 0 Å². The van der Waals surface area contributed by atoms with Crippen molar-refractivity contribution in [3.05, 3.63) is 23.4 Å². The molecule has 0 aliphatic rings. The molecule has 1 aromatic heterocycles. The van der Waals surface area contributed by atoms with Crippen LogP contribution >= 0.6 is 11.6 Å². The van der Waals surface area contributed by atoms with Crippen molar-refractivity contribution in [1.29, 1.82) is 0 Å². The molecule has 0 amide bonds. The summed E-state index contributed by atoms with van der Waals surface area (Å²) in [6.45, 7) is 9.93. The van der Waals surface area contributed by atoms with Gasteiger partial charge in [0.1, 0.15) is 5.82 Å². The van der Waals surface area contributed by atoms with Crippen molar-refractivity contribution in [3.8, 4) is 0 Å². The molecule has 102 valence electrons. The van der Waals surface area contributed by atoms with E-state index >= 15 is 0 Å². The summed E-state index contributed by atoms with van der Waals surface area (Å²) in [4.78, 5) is 7.04. The predicted molar refractivity (Wildman–Crippen MR) is 80.5 cm³/mol. The van der Waals surface area contributed by atoms with Crippen molar-refractivity contribution >= 4 is 17.4 Å². The molecule has 1 aromatic rings. The van der Waals surface area contributed by atoms with Gasteiger partial charge in [-0.2, -0.15) is 0 Å². The van der Waals surface area contributed by atoms with E-state index in [2.05, 4.69) is 43.6 Å². The first kappa shape index (κ1) is 15.3. The summed E-state index contributed by atoms with van der Waals surface area (Å²) >= 11 is 5.85. The minimum Gasteiger partial charge on any atom is -0.354 e. The van der Waals surface area contributed by atoms with Gasteiger partial charge in [0.25, 0.3) is 0 Å². The first-order valence-corrected chi connectivity index (χ1v) is 7.45. The molecule has 0 aliphatic carbocycles. The van der Waals surface area contributed by atoms with Gasteiger partial charge in [0.2, 0.25) is 0 Å². The van der Waals surface area contributed by atoms with Gasteiger partial charge in [-0.3, -0.25) is 0 Å². The zero-order valence-electron chi connectivity index (χ0n) is 12.0. The lowest BCUT2D eigenvalue weighted by Crippen LogP contribution is -2.34. The molecule has 0 bridgehead atoms. The van der Waals surface area contributed by atoms with E-state index in [1.807, 2.05) is 6.20 Å². The average Bonchev–Trinajstić information content (AvgIpc) is 2.39. The highest BCUT2D eigenvalue weighted by Crippen LogP contribution is 2.22. The Morgan fingerprint density at radius 3 is 2.61 bits per heavy atom. The highest BCUT2D eigenvalue weighted by molar-refractivity contribution is 6.17. The fraction of sp³-hybridized carbons (Fsp3) is 0.667. The first-order valence-electron chi connectivity index (χ1n) is 6.92. The van der Waals surface area contributed by atoms with Crippen LogP contribution in [0.5, 0.6) is 0 Å². The Balaban J connectivity index is 2.96. The number of alkyl halides is 1. The van der Waals surface area contributed by atoms with Crippen LogP contribution in [0.1, 0.15) is 51.2 Å². The first-order chi connectivity index (χ1) is 8.63. The van der Waals surface area contributed by atoms with E-state index in [9.17, 15) is 0 Å². The maximum Gasteiger partial charge on any atom is 0.131 e. The summed E-state index contributed by atoms with van der Waals surface area (Å²) in [6, 6.07) is 2.68. The van der Waals surface area contributed by atoms with Gasteiger partial charge in [0.05, 0.1) is 0 Å². The van der Waals surface area contributed by atoms with Crippen LogP contribution in [-0.4, -0.2) is 17.6 Å². The van der Waals surface area contributed by atoms with Crippen LogP contribution < -0.4 is 4.90 Å². The smallest absolute Gasteiger partial charge is 0.131 e. The van der Waals surface area contributed by atoms with Crippen molar-refractivity contribution in [2.75, 3.05) is 11.4 Å². The third-order valence-electron chi connectivity index (χ3n) is 3.41. The van der Waals surface area contributed by atoms with Crippen LogP contribution in [0, 0.1) is 6.92 Å². The Kier molecular flexibility index (Phi) is 6.48. The molecule has 18 heavy (non-hydrogen) atoms. The van der Waals surface area contributed by atoms with Gasteiger partial charge in [-0.15, -0.1) is 11.6 Å². The SMILES string of the molecule is CCCCN(c1ncc(CCl)cc1C)C(C)CC. The van der Waals surface area contributed by atoms with Crippen molar-refractivity contribution in [1.82, 2.24) is 4.98 Å². The van der Waals surface area contributed by atoms with Crippen molar-refractivity contribution in [2.45, 2.75) is 58.9 Å². The molecular weight excluding hydrogens is 244 g/mol. The third-order valence-corrected chi connectivity index (χ3v) is 3.72. The Hall–Kier alpha value is -0.760. The minimum absolute atomic E-state index is 0.532. The van der Waals surface area contributed by atoms with E-state index < -0.39 is 0 Å². The maximum absolute atomic E-state index is 5.85. The molecule has 0 saturated heterocycles. The van der Waals surface area contributed by atoms with Gasteiger partial charge in [0, 0.05) is 24.7 Å². The van der Waals surface area contributed by atoms with E-state index in [0.29, 0.717) is 11.9 Å². The molecule has 0 N–H and O–H groups in total. The summed E-state index contributed by atoms with van der Waals surface area (Å²) in [5.74, 6) is 1.65. The lowest BCUT2D eigenvalue weighted by atomic mass is 10.1. The van der Waals surface area contributed by atoms with E-state index in [1.54, 1.807) is 0 Å². The topological polar surface area (TPSA) is 16.1 Å². The molecule has 0 fully saturated rings. The van der Waals surface area contributed by atoms with Crippen molar-refractivity contribution < 1.29 is 0 Å². The highest BCUT2D eigenvalue weighted by atomic mass is 35.5. The monoisotopic (exact) mass is 268 g/mol.